The molecule has 3 fully saturated rings. The van der Waals surface area contributed by atoms with E-state index in [4.69, 9.17) is 4.74 Å². The van der Waals surface area contributed by atoms with Crippen LogP contribution in [-0.2, 0) is 4.74 Å². The number of hydrogen-bond acceptors (Lipinski definition) is 2. The highest BCUT2D eigenvalue weighted by Gasteiger charge is 2.45. The molecule has 1 aliphatic carbocycles. The largest absolute Gasteiger partial charge is 0.375 e. The molecule has 2 heterocycles. The highest BCUT2D eigenvalue weighted by molar-refractivity contribution is 5.00. The Morgan fingerprint density at radius 3 is 2.59 bits per heavy atom. The molecule has 2 heteroatoms. The predicted octanol–water partition coefficient (Wildman–Crippen LogP) is 3.26. The maximum absolute atomic E-state index is 6.21. The van der Waals surface area contributed by atoms with Crippen LogP contribution in [0.4, 0.5) is 0 Å². The molecular formula is C15H27NO. The first-order valence-electron chi connectivity index (χ1n) is 7.62. The SMILES string of the molecule is CC1(C2CCOC3(CCCCC3)C2)CCCN1. The third kappa shape index (κ3) is 2.26. The molecule has 2 nitrogen and oxygen atoms in total. The first kappa shape index (κ1) is 12.0. The van der Waals surface area contributed by atoms with Crippen molar-refractivity contribution in [1.82, 2.24) is 5.32 Å². The Hall–Kier alpha value is -0.0800. The third-order valence-electron chi connectivity index (χ3n) is 5.56. The minimum Gasteiger partial charge on any atom is -0.375 e. The zero-order valence-corrected chi connectivity index (χ0v) is 11.3. The van der Waals surface area contributed by atoms with E-state index < -0.39 is 0 Å². The van der Waals surface area contributed by atoms with Crippen LogP contribution in [0.2, 0.25) is 0 Å². The van der Waals surface area contributed by atoms with Crippen LogP contribution in [-0.4, -0.2) is 24.3 Å². The van der Waals surface area contributed by atoms with Gasteiger partial charge in [-0.3, -0.25) is 0 Å². The number of nitrogens with one attached hydrogen (secondary N) is 1. The van der Waals surface area contributed by atoms with Crippen LogP contribution in [0.25, 0.3) is 0 Å². The van der Waals surface area contributed by atoms with Gasteiger partial charge in [0.25, 0.3) is 0 Å². The second-order valence-corrected chi connectivity index (χ2v) is 6.73. The molecule has 0 aromatic carbocycles. The van der Waals surface area contributed by atoms with E-state index in [0.717, 1.165) is 12.5 Å². The van der Waals surface area contributed by atoms with Crippen LogP contribution in [0.1, 0.15) is 64.7 Å². The summed E-state index contributed by atoms with van der Waals surface area (Å²) in [5.41, 5.74) is 0.683. The Morgan fingerprint density at radius 1 is 1.06 bits per heavy atom. The zero-order valence-electron chi connectivity index (χ0n) is 11.3. The molecule has 2 saturated heterocycles. The van der Waals surface area contributed by atoms with Crippen LogP contribution in [0, 0.1) is 5.92 Å². The molecule has 1 saturated carbocycles. The van der Waals surface area contributed by atoms with Gasteiger partial charge >= 0.3 is 0 Å². The molecule has 0 aromatic rings. The normalized spacial score (nSPS) is 41.8. The third-order valence-corrected chi connectivity index (χ3v) is 5.56. The van der Waals surface area contributed by atoms with Gasteiger partial charge in [-0.05, 0) is 57.9 Å². The number of hydrogen-bond donors (Lipinski definition) is 1. The van der Waals surface area contributed by atoms with Crippen LogP contribution >= 0.6 is 0 Å². The lowest BCUT2D eigenvalue weighted by molar-refractivity contribution is -0.127. The molecule has 0 bridgehead atoms. The average Bonchev–Trinajstić information content (AvgIpc) is 2.79. The van der Waals surface area contributed by atoms with E-state index in [0.29, 0.717) is 5.54 Å². The summed E-state index contributed by atoms with van der Waals surface area (Å²) in [7, 11) is 0. The molecule has 2 atom stereocenters. The van der Waals surface area contributed by atoms with E-state index in [2.05, 4.69) is 12.2 Å². The van der Waals surface area contributed by atoms with E-state index in [1.807, 2.05) is 0 Å². The molecule has 98 valence electrons. The smallest absolute Gasteiger partial charge is 0.0685 e. The van der Waals surface area contributed by atoms with Crippen molar-refractivity contribution in [3.8, 4) is 0 Å². The van der Waals surface area contributed by atoms with Crippen molar-refractivity contribution in [2.24, 2.45) is 5.92 Å². The van der Waals surface area contributed by atoms with Crippen molar-refractivity contribution < 1.29 is 4.74 Å². The Kier molecular flexibility index (Phi) is 3.20. The van der Waals surface area contributed by atoms with E-state index >= 15 is 0 Å². The zero-order chi connectivity index (χ0) is 11.8. The summed E-state index contributed by atoms with van der Waals surface area (Å²) >= 11 is 0. The lowest BCUT2D eigenvalue weighted by Gasteiger charge is -2.48. The standard InChI is InChI=1S/C15H27NO/c1-14(7-5-10-16-14)13-6-11-17-15(12-13)8-3-2-4-9-15/h13,16H,2-12H2,1H3. The van der Waals surface area contributed by atoms with Gasteiger partial charge in [-0.1, -0.05) is 19.3 Å². The van der Waals surface area contributed by atoms with Crippen molar-refractivity contribution in [1.29, 1.82) is 0 Å². The first-order chi connectivity index (χ1) is 8.23. The van der Waals surface area contributed by atoms with Crippen molar-refractivity contribution >= 4 is 0 Å². The predicted molar refractivity (Wildman–Crippen MR) is 70.1 cm³/mol. The Balaban J connectivity index is 1.70. The summed E-state index contributed by atoms with van der Waals surface area (Å²) in [4.78, 5) is 0. The van der Waals surface area contributed by atoms with Crippen molar-refractivity contribution in [3.63, 3.8) is 0 Å². The highest BCUT2D eigenvalue weighted by Crippen LogP contribution is 2.45. The molecule has 1 spiro atoms. The van der Waals surface area contributed by atoms with E-state index in [1.54, 1.807) is 0 Å². The Labute approximate surface area is 105 Å². The fourth-order valence-corrected chi connectivity index (χ4v) is 4.38. The maximum atomic E-state index is 6.21. The fraction of sp³-hybridized carbons (Fsp3) is 1.00. The summed E-state index contributed by atoms with van der Waals surface area (Å²) in [6.07, 6.45) is 12.1. The van der Waals surface area contributed by atoms with Gasteiger partial charge in [0.15, 0.2) is 0 Å². The summed E-state index contributed by atoms with van der Waals surface area (Å²) < 4.78 is 6.21. The van der Waals surface area contributed by atoms with Crippen molar-refractivity contribution in [2.45, 2.75) is 75.9 Å². The molecule has 0 radical (unpaired) electrons. The molecule has 1 N–H and O–H groups in total. The summed E-state index contributed by atoms with van der Waals surface area (Å²) in [6.45, 7) is 4.68. The van der Waals surface area contributed by atoms with Gasteiger partial charge in [-0.25, -0.2) is 0 Å². The lowest BCUT2D eigenvalue weighted by Crippen LogP contribution is -2.52. The minimum absolute atomic E-state index is 0.272. The summed E-state index contributed by atoms with van der Waals surface area (Å²) in [5.74, 6) is 0.844. The van der Waals surface area contributed by atoms with E-state index in [9.17, 15) is 0 Å². The van der Waals surface area contributed by atoms with Gasteiger partial charge in [0.1, 0.15) is 0 Å². The monoisotopic (exact) mass is 237 g/mol. The lowest BCUT2D eigenvalue weighted by atomic mass is 9.69. The van der Waals surface area contributed by atoms with Crippen LogP contribution in [0.5, 0.6) is 0 Å². The molecule has 2 unspecified atom stereocenters. The van der Waals surface area contributed by atoms with Gasteiger partial charge in [0.2, 0.25) is 0 Å². The summed E-state index contributed by atoms with van der Waals surface area (Å²) in [5, 5.41) is 3.77. The quantitative estimate of drug-likeness (QED) is 0.756. The van der Waals surface area contributed by atoms with Gasteiger partial charge in [0, 0.05) is 12.1 Å². The first-order valence-corrected chi connectivity index (χ1v) is 7.62. The minimum atomic E-state index is 0.272. The topological polar surface area (TPSA) is 21.3 Å². The Bertz CT molecular complexity index is 259. The molecule has 0 aromatic heterocycles. The van der Waals surface area contributed by atoms with Crippen molar-refractivity contribution in [2.75, 3.05) is 13.2 Å². The molecule has 0 amide bonds. The fourth-order valence-electron chi connectivity index (χ4n) is 4.38. The van der Waals surface area contributed by atoms with Crippen LogP contribution in [0.15, 0.2) is 0 Å². The summed E-state index contributed by atoms with van der Waals surface area (Å²) in [6, 6.07) is 0. The maximum Gasteiger partial charge on any atom is 0.0685 e. The number of ether oxygens (including phenoxy) is 1. The van der Waals surface area contributed by atoms with Crippen LogP contribution < -0.4 is 5.32 Å². The van der Waals surface area contributed by atoms with Gasteiger partial charge < -0.3 is 10.1 Å². The van der Waals surface area contributed by atoms with Crippen molar-refractivity contribution in [3.05, 3.63) is 0 Å². The second kappa shape index (κ2) is 4.55. The molecule has 17 heavy (non-hydrogen) atoms. The van der Waals surface area contributed by atoms with Gasteiger partial charge in [-0.2, -0.15) is 0 Å². The highest BCUT2D eigenvalue weighted by atomic mass is 16.5. The molecule has 2 aliphatic heterocycles. The Morgan fingerprint density at radius 2 is 1.88 bits per heavy atom. The molecule has 3 aliphatic rings. The van der Waals surface area contributed by atoms with E-state index in [1.165, 1.54) is 64.3 Å². The molecular weight excluding hydrogens is 210 g/mol. The second-order valence-electron chi connectivity index (χ2n) is 6.73. The average molecular weight is 237 g/mol. The number of rotatable bonds is 1. The van der Waals surface area contributed by atoms with E-state index in [-0.39, 0.29) is 5.60 Å². The van der Waals surface area contributed by atoms with Gasteiger partial charge in [-0.15, -0.1) is 0 Å². The van der Waals surface area contributed by atoms with Crippen LogP contribution in [0.3, 0.4) is 0 Å². The van der Waals surface area contributed by atoms with Gasteiger partial charge in [0.05, 0.1) is 5.60 Å². The molecule has 3 rings (SSSR count).